The van der Waals surface area contributed by atoms with Gasteiger partial charge in [0.15, 0.2) is 5.78 Å². The summed E-state index contributed by atoms with van der Waals surface area (Å²) < 4.78 is 26.4. The number of aromatic nitrogens is 2. The Morgan fingerprint density at radius 2 is 2.09 bits per heavy atom. The summed E-state index contributed by atoms with van der Waals surface area (Å²) in [6.45, 7) is 0.574. The molecular formula is C16H15F2N3O2. The molecule has 1 amide bonds. The minimum atomic E-state index is -0.905. The Kier molecular flexibility index (Phi) is 4.18. The molecule has 2 aromatic rings. The van der Waals surface area contributed by atoms with E-state index in [1.807, 2.05) is 0 Å². The summed E-state index contributed by atoms with van der Waals surface area (Å²) in [7, 11) is 0. The highest BCUT2D eigenvalue weighted by Gasteiger charge is 2.24. The number of nitrogens with one attached hydrogen (secondary N) is 1. The summed E-state index contributed by atoms with van der Waals surface area (Å²) in [6, 6.07) is 2.80. The third kappa shape index (κ3) is 3.13. The van der Waals surface area contributed by atoms with Crippen LogP contribution in [0.4, 0.5) is 14.5 Å². The highest BCUT2D eigenvalue weighted by atomic mass is 19.1. The average molecular weight is 319 g/mol. The van der Waals surface area contributed by atoms with Crippen LogP contribution in [0.25, 0.3) is 0 Å². The number of fused-ring (bicyclic) bond motifs is 1. The summed E-state index contributed by atoms with van der Waals surface area (Å²) >= 11 is 0. The van der Waals surface area contributed by atoms with Crippen LogP contribution in [0.2, 0.25) is 0 Å². The molecule has 0 spiro atoms. The molecule has 1 N–H and O–H groups in total. The monoisotopic (exact) mass is 319 g/mol. The Hall–Kier alpha value is -2.57. The van der Waals surface area contributed by atoms with Gasteiger partial charge in [-0.1, -0.05) is 0 Å². The molecule has 0 atom stereocenters. The third-order valence-electron chi connectivity index (χ3n) is 3.89. The van der Waals surface area contributed by atoms with Crippen molar-refractivity contribution in [1.82, 2.24) is 10.2 Å². The van der Waals surface area contributed by atoms with Crippen molar-refractivity contribution in [3.8, 4) is 0 Å². The number of aromatic amines is 1. The van der Waals surface area contributed by atoms with Gasteiger partial charge < -0.3 is 4.90 Å². The molecular weight excluding hydrogens is 304 g/mol. The quantitative estimate of drug-likeness (QED) is 0.881. The van der Waals surface area contributed by atoms with Gasteiger partial charge >= 0.3 is 0 Å². The number of hydrogen-bond donors (Lipinski definition) is 1. The van der Waals surface area contributed by atoms with Gasteiger partial charge in [0.2, 0.25) is 5.91 Å². The maximum absolute atomic E-state index is 13.6. The zero-order chi connectivity index (χ0) is 16.4. The zero-order valence-corrected chi connectivity index (χ0v) is 12.3. The molecule has 0 radical (unpaired) electrons. The second-order valence-electron chi connectivity index (χ2n) is 5.43. The normalized spacial score (nSPS) is 13.7. The fourth-order valence-corrected chi connectivity index (χ4v) is 2.72. The molecule has 0 fully saturated rings. The lowest BCUT2D eigenvalue weighted by Crippen LogP contribution is -2.35. The predicted molar refractivity (Wildman–Crippen MR) is 79.2 cm³/mol. The molecule has 7 heteroatoms. The number of ketones is 1. The van der Waals surface area contributed by atoms with E-state index in [4.69, 9.17) is 0 Å². The van der Waals surface area contributed by atoms with E-state index >= 15 is 0 Å². The first-order chi connectivity index (χ1) is 11.1. The van der Waals surface area contributed by atoms with Crippen molar-refractivity contribution in [3.05, 3.63) is 47.3 Å². The van der Waals surface area contributed by atoms with E-state index in [0.717, 1.165) is 36.4 Å². The maximum Gasteiger partial charge on any atom is 0.227 e. The Bertz CT molecular complexity index is 758. The van der Waals surface area contributed by atoms with Gasteiger partial charge in [-0.2, -0.15) is 5.10 Å². The van der Waals surface area contributed by atoms with Crippen LogP contribution in [0.5, 0.6) is 0 Å². The largest absolute Gasteiger partial charge is 0.309 e. The molecule has 3 rings (SSSR count). The molecule has 0 aliphatic carbocycles. The van der Waals surface area contributed by atoms with Crippen molar-refractivity contribution in [1.29, 1.82) is 0 Å². The lowest BCUT2D eigenvalue weighted by Gasteiger charge is -2.26. The summed E-state index contributed by atoms with van der Waals surface area (Å²) in [5.41, 5.74) is 1.45. The molecule has 0 bridgehead atoms. The number of Topliss-reactive ketones (excluding diaryl/α,β-unsaturated/α-hetero) is 1. The summed E-state index contributed by atoms with van der Waals surface area (Å²) in [4.78, 5) is 25.9. The summed E-state index contributed by atoms with van der Waals surface area (Å²) in [5.74, 6) is -2.36. The number of carbonyl (C=O) groups is 2. The number of aryl methyl sites for hydroxylation is 1. The molecule has 1 aromatic heterocycles. The van der Waals surface area contributed by atoms with Gasteiger partial charge in [-0.3, -0.25) is 14.7 Å². The molecule has 23 heavy (non-hydrogen) atoms. The van der Waals surface area contributed by atoms with Crippen LogP contribution in [0.1, 0.15) is 35.3 Å². The van der Waals surface area contributed by atoms with Gasteiger partial charge in [0.1, 0.15) is 11.6 Å². The number of amides is 1. The number of rotatable bonds is 4. The Morgan fingerprint density at radius 3 is 2.87 bits per heavy atom. The highest BCUT2D eigenvalue weighted by Crippen LogP contribution is 2.25. The Balaban J connectivity index is 1.65. The molecule has 1 aromatic carbocycles. The predicted octanol–water partition coefficient (Wildman–Crippen LogP) is 2.63. The minimum absolute atomic E-state index is 0.0275. The lowest BCUT2D eigenvalue weighted by atomic mass is 10.0. The van der Waals surface area contributed by atoms with Crippen LogP contribution in [0, 0.1) is 11.6 Å². The smallest absolute Gasteiger partial charge is 0.227 e. The van der Waals surface area contributed by atoms with Crippen LogP contribution in [-0.2, 0) is 11.2 Å². The fraction of sp³-hybridized carbons (Fsp3) is 0.312. The number of benzene rings is 1. The molecule has 5 nitrogen and oxygen atoms in total. The first-order valence-corrected chi connectivity index (χ1v) is 7.37. The minimum Gasteiger partial charge on any atom is -0.309 e. The molecule has 1 aliphatic heterocycles. The van der Waals surface area contributed by atoms with E-state index < -0.39 is 17.4 Å². The Labute approximate surface area is 131 Å². The lowest BCUT2D eigenvalue weighted by molar-refractivity contribution is -0.118. The van der Waals surface area contributed by atoms with Gasteiger partial charge in [0.05, 0.1) is 23.1 Å². The molecule has 0 saturated heterocycles. The van der Waals surface area contributed by atoms with E-state index in [1.54, 1.807) is 11.1 Å². The van der Waals surface area contributed by atoms with E-state index in [0.29, 0.717) is 12.6 Å². The molecule has 2 heterocycles. The van der Waals surface area contributed by atoms with Crippen molar-refractivity contribution in [3.63, 3.8) is 0 Å². The molecule has 1 aliphatic rings. The Morgan fingerprint density at radius 1 is 1.26 bits per heavy atom. The molecule has 120 valence electrons. The van der Waals surface area contributed by atoms with Crippen molar-refractivity contribution in [2.75, 3.05) is 11.4 Å². The first kappa shape index (κ1) is 15.3. The topological polar surface area (TPSA) is 66.1 Å². The van der Waals surface area contributed by atoms with Gasteiger partial charge in [0.25, 0.3) is 0 Å². The van der Waals surface area contributed by atoms with Gasteiger partial charge in [-0.15, -0.1) is 0 Å². The van der Waals surface area contributed by atoms with E-state index in [9.17, 15) is 18.4 Å². The SMILES string of the molecule is O=C(CCC(=O)N1CCCc2[nH]ncc21)c1ccc(F)cc1F. The third-order valence-corrected chi connectivity index (χ3v) is 3.89. The number of carbonyl (C=O) groups excluding carboxylic acids is 2. The highest BCUT2D eigenvalue weighted by molar-refractivity contribution is 6.01. The standard InChI is InChI=1S/C16H15F2N3O2/c17-10-3-4-11(12(18)8-10)15(22)5-6-16(23)21-7-1-2-13-14(21)9-19-20-13/h3-4,8-9H,1-2,5-7H2,(H,19,20). The molecule has 0 unspecified atom stereocenters. The van der Waals surface area contributed by atoms with Crippen LogP contribution in [-0.4, -0.2) is 28.4 Å². The number of hydrogen-bond acceptors (Lipinski definition) is 3. The van der Waals surface area contributed by atoms with Crippen molar-refractivity contribution in [2.45, 2.75) is 25.7 Å². The summed E-state index contributed by atoms with van der Waals surface area (Å²) in [6.07, 6.45) is 3.10. The van der Waals surface area contributed by atoms with E-state index in [2.05, 4.69) is 10.2 Å². The fourth-order valence-electron chi connectivity index (χ4n) is 2.72. The van der Waals surface area contributed by atoms with Crippen LogP contribution < -0.4 is 4.90 Å². The van der Waals surface area contributed by atoms with Crippen LogP contribution in [0.3, 0.4) is 0 Å². The second kappa shape index (κ2) is 6.28. The summed E-state index contributed by atoms with van der Waals surface area (Å²) in [5, 5.41) is 6.78. The first-order valence-electron chi connectivity index (χ1n) is 7.37. The van der Waals surface area contributed by atoms with Gasteiger partial charge in [0, 0.05) is 25.5 Å². The van der Waals surface area contributed by atoms with Gasteiger partial charge in [-0.05, 0) is 25.0 Å². The van der Waals surface area contributed by atoms with Crippen LogP contribution >= 0.6 is 0 Å². The number of nitrogens with zero attached hydrogens (tertiary/aromatic N) is 2. The van der Waals surface area contributed by atoms with Gasteiger partial charge in [-0.25, -0.2) is 8.78 Å². The van der Waals surface area contributed by atoms with Crippen LogP contribution in [0.15, 0.2) is 24.4 Å². The number of H-pyrrole nitrogens is 1. The number of anilines is 1. The number of halogens is 2. The zero-order valence-electron chi connectivity index (χ0n) is 12.3. The van der Waals surface area contributed by atoms with Crippen molar-refractivity contribution < 1.29 is 18.4 Å². The van der Waals surface area contributed by atoms with Crippen molar-refractivity contribution in [2.24, 2.45) is 0 Å². The van der Waals surface area contributed by atoms with E-state index in [1.165, 1.54) is 0 Å². The van der Waals surface area contributed by atoms with Crippen molar-refractivity contribution >= 4 is 17.4 Å². The van der Waals surface area contributed by atoms with E-state index in [-0.39, 0.29) is 24.3 Å². The maximum atomic E-state index is 13.6. The second-order valence-corrected chi connectivity index (χ2v) is 5.43. The average Bonchev–Trinajstić information content (AvgIpc) is 3.00. The molecule has 0 saturated carbocycles.